The van der Waals surface area contributed by atoms with E-state index in [0.717, 1.165) is 10.6 Å². The molecule has 16 heavy (non-hydrogen) atoms. The van der Waals surface area contributed by atoms with E-state index in [1.165, 1.54) is 11.8 Å². The number of hydrogen-bond acceptors (Lipinski definition) is 4. The van der Waals surface area contributed by atoms with Crippen LogP contribution in [0, 0.1) is 0 Å². The van der Waals surface area contributed by atoms with E-state index in [0.29, 0.717) is 10.9 Å². The summed E-state index contributed by atoms with van der Waals surface area (Å²) in [4.78, 5) is 0.833. The van der Waals surface area contributed by atoms with Gasteiger partial charge in [0.1, 0.15) is 5.75 Å². The molecule has 0 aliphatic carbocycles. The topological polar surface area (TPSA) is 46.0 Å². The maximum atomic E-state index is 9.55. The molecule has 2 rings (SSSR count). The highest BCUT2D eigenvalue weighted by Crippen LogP contribution is 2.29. The summed E-state index contributed by atoms with van der Waals surface area (Å²) in [6, 6.07) is 10.7. The third kappa shape index (κ3) is 2.87. The lowest BCUT2D eigenvalue weighted by atomic mass is 10.3. The SMILES string of the molecule is Oc1ccccc1SCc1ccc(Cl)nn1. The number of phenols is 1. The van der Waals surface area contributed by atoms with Crippen LogP contribution in [0.25, 0.3) is 0 Å². The first-order valence-corrected chi connectivity index (χ1v) is 6.01. The van der Waals surface area contributed by atoms with Crippen LogP contribution in [0.2, 0.25) is 5.15 Å². The predicted octanol–water partition coefficient (Wildman–Crippen LogP) is 3.13. The Morgan fingerprint density at radius 3 is 2.62 bits per heavy atom. The largest absolute Gasteiger partial charge is 0.507 e. The molecule has 2 aromatic rings. The highest BCUT2D eigenvalue weighted by Gasteiger charge is 2.02. The highest BCUT2D eigenvalue weighted by atomic mass is 35.5. The average Bonchev–Trinajstić information content (AvgIpc) is 2.30. The average molecular weight is 253 g/mol. The second kappa shape index (κ2) is 5.18. The van der Waals surface area contributed by atoms with Crippen LogP contribution in [0.5, 0.6) is 5.75 Å². The highest BCUT2D eigenvalue weighted by molar-refractivity contribution is 7.98. The molecule has 3 nitrogen and oxygen atoms in total. The van der Waals surface area contributed by atoms with Crippen molar-refractivity contribution in [2.24, 2.45) is 0 Å². The number of benzene rings is 1. The summed E-state index contributed by atoms with van der Waals surface area (Å²) >= 11 is 7.14. The second-order valence-electron chi connectivity index (χ2n) is 3.10. The Balaban J connectivity index is 2.02. The normalized spacial score (nSPS) is 10.3. The number of nitrogens with zero attached hydrogens (tertiary/aromatic N) is 2. The first kappa shape index (κ1) is 11.2. The molecule has 0 aliphatic heterocycles. The van der Waals surface area contributed by atoms with E-state index in [2.05, 4.69) is 10.2 Å². The zero-order valence-electron chi connectivity index (χ0n) is 8.30. The lowest BCUT2D eigenvalue weighted by molar-refractivity contribution is 0.462. The third-order valence-corrected chi connectivity index (χ3v) is 3.23. The van der Waals surface area contributed by atoms with Crippen LogP contribution in [0.4, 0.5) is 0 Å². The predicted molar refractivity (Wildman–Crippen MR) is 64.7 cm³/mol. The van der Waals surface area contributed by atoms with Crippen molar-refractivity contribution in [1.29, 1.82) is 0 Å². The zero-order valence-corrected chi connectivity index (χ0v) is 9.87. The van der Waals surface area contributed by atoms with E-state index in [4.69, 9.17) is 11.6 Å². The second-order valence-corrected chi connectivity index (χ2v) is 4.51. The summed E-state index contributed by atoms with van der Waals surface area (Å²) in [5, 5.41) is 17.6. The van der Waals surface area contributed by atoms with Gasteiger partial charge in [0.05, 0.1) is 5.69 Å². The Morgan fingerprint density at radius 2 is 1.94 bits per heavy atom. The quantitative estimate of drug-likeness (QED) is 0.853. The van der Waals surface area contributed by atoms with Crippen LogP contribution in [-0.2, 0) is 5.75 Å². The first-order valence-electron chi connectivity index (χ1n) is 4.64. The van der Waals surface area contributed by atoms with Crippen LogP contribution >= 0.6 is 23.4 Å². The molecule has 0 unspecified atom stereocenters. The van der Waals surface area contributed by atoms with Gasteiger partial charge in [-0.15, -0.1) is 16.9 Å². The molecule has 0 spiro atoms. The van der Waals surface area contributed by atoms with Crippen molar-refractivity contribution < 1.29 is 5.11 Å². The van der Waals surface area contributed by atoms with Crippen LogP contribution in [0.15, 0.2) is 41.3 Å². The number of rotatable bonds is 3. The third-order valence-electron chi connectivity index (χ3n) is 1.93. The summed E-state index contributed by atoms with van der Waals surface area (Å²) in [7, 11) is 0. The standard InChI is InChI=1S/C11H9ClN2OS/c12-11-6-5-8(13-14-11)7-16-10-4-2-1-3-9(10)15/h1-6,15H,7H2. The molecule has 0 radical (unpaired) electrons. The van der Waals surface area contributed by atoms with Gasteiger partial charge in [-0.05, 0) is 24.3 Å². The molecule has 0 fully saturated rings. The minimum atomic E-state index is 0.287. The molecule has 82 valence electrons. The van der Waals surface area contributed by atoms with Gasteiger partial charge in [-0.1, -0.05) is 23.7 Å². The number of halogens is 1. The Labute approximate surface area is 102 Å². The fourth-order valence-corrected chi connectivity index (χ4v) is 2.10. The first-order chi connectivity index (χ1) is 7.75. The summed E-state index contributed by atoms with van der Waals surface area (Å²) in [6.07, 6.45) is 0. The number of hydrogen-bond donors (Lipinski definition) is 1. The summed E-state index contributed by atoms with van der Waals surface area (Å²) in [5.74, 6) is 0.941. The Kier molecular flexibility index (Phi) is 3.64. The molecule has 5 heteroatoms. The van der Waals surface area contributed by atoms with Gasteiger partial charge in [0.2, 0.25) is 0 Å². The Morgan fingerprint density at radius 1 is 1.12 bits per heavy atom. The molecule has 1 aromatic heterocycles. The number of para-hydroxylation sites is 1. The van der Waals surface area contributed by atoms with Gasteiger partial charge in [-0.25, -0.2) is 0 Å². The lowest BCUT2D eigenvalue weighted by Crippen LogP contribution is -1.89. The van der Waals surface area contributed by atoms with E-state index in [1.807, 2.05) is 18.2 Å². The smallest absolute Gasteiger partial charge is 0.151 e. The lowest BCUT2D eigenvalue weighted by Gasteiger charge is -2.02. The molecule has 1 aromatic carbocycles. The van der Waals surface area contributed by atoms with Gasteiger partial charge in [-0.2, -0.15) is 5.10 Å². The summed E-state index contributed by atoms with van der Waals surface area (Å²) in [6.45, 7) is 0. The molecule has 0 saturated heterocycles. The van der Waals surface area contributed by atoms with E-state index < -0.39 is 0 Å². The van der Waals surface area contributed by atoms with E-state index >= 15 is 0 Å². The van der Waals surface area contributed by atoms with E-state index in [-0.39, 0.29) is 5.75 Å². The van der Waals surface area contributed by atoms with Gasteiger partial charge >= 0.3 is 0 Å². The monoisotopic (exact) mass is 252 g/mol. The molecule has 0 atom stereocenters. The van der Waals surface area contributed by atoms with Crippen LogP contribution < -0.4 is 0 Å². The number of aromatic hydroxyl groups is 1. The van der Waals surface area contributed by atoms with Gasteiger partial charge in [-0.3, -0.25) is 0 Å². The maximum Gasteiger partial charge on any atom is 0.151 e. The molecule has 0 amide bonds. The van der Waals surface area contributed by atoms with Gasteiger partial charge in [0.15, 0.2) is 5.15 Å². The van der Waals surface area contributed by atoms with Crippen molar-refractivity contribution in [1.82, 2.24) is 10.2 Å². The molecule has 0 saturated carbocycles. The molecule has 1 heterocycles. The molecule has 1 N–H and O–H groups in total. The van der Waals surface area contributed by atoms with Crippen LogP contribution in [0.1, 0.15) is 5.69 Å². The minimum absolute atomic E-state index is 0.287. The van der Waals surface area contributed by atoms with E-state index in [9.17, 15) is 5.11 Å². The van der Waals surface area contributed by atoms with Crippen molar-refractivity contribution in [3.8, 4) is 5.75 Å². The summed E-state index contributed by atoms with van der Waals surface area (Å²) in [5.41, 5.74) is 0.831. The van der Waals surface area contributed by atoms with Crippen LogP contribution in [-0.4, -0.2) is 15.3 Å². The van der Waals surface area contributed by atoms with Gasteiger partial charge in [0.25, 0.3) is 0 Å². The van der Waals surface area contributed by atoms with Gasteiger partial charge < -0.3 is 5.11 Å². The number of aromatic nitrogens is 2. The minimum Gasteiger partial charge on any atom is -0.507 e. The van der Waals surface area contributed by atoms with E-state index in [1.54, 1.807) is 18.2 Å². The fourth-order valence-electron chi connectivity index (χ4n) is 1.15. The van der Waals surface area contributed by atoms with Crippen LogP contribution in [0.3, 0.4) is 0 Å². The number of phenolic OH excluding ortho intramolecular Hbond substituents is 1. The Hall–Kier alpha value is -1.26. The number of thioether (sulfide) groups is 1. The molecule has 0 bridgehead atoms. The van der Waals surface area contributed by atoms with Gasteiger partial charge in [0, 0.05) is 10.6 Å². The van der Waals surface area contributed by atoms with Crippen molar-refractivity contribution >= 4 is 23.4 Å². The van der Waals surface area contributed by atoms with Crippen molar-refractivity contribution in [2.75, 3.05) is 0 Å². The molecular weight excluding hydrogens is 244 g/mol. The molecule has 0 aliphatic rings. The zero-order chi connectivity index (χ0) is 11.4. The van der Waals surface area contributed by atoms with Crippen molar-refractivity contribution in [2.45, 2.75) is 10.6 Å². The summed E-state index contributed by atoms with van der Waals surface area (Å²) < 4.78 is 0. The van der Waals surface area contributed by atoms with Crippen molar-refractivity contribution in [3.63, 3.8) is 0 Å². The van der Waals surface area contributed by atoms with Crippen molar-refractivity contribution in [3.05, 3.63) is 47.2 Å². The Bertz CT molecular complexity index is 476. The molecular formula is C11H9ClN2OS. The maximum absolute atomic E-state index is 9.55. The fraction of sp³-hybridized carbons (Fsp3) is 0.0909.